The number of aromatic amines is 1. The molecule has 0 atom stereocenters. The molecular formula is C14H12F4N4O2. The fourth-order valence-electron chi connectivity index (χ4n) is 2.05. The van der Waals surface area contributed by atoms with Crippen LogP contribution in [0.15, 0.2) is 18.3 Å². The first-order chi connectivity index (χ1) is 11.3. The number of nitrogens with zero attached hydrogens (tertiary/aromatic N) is 2. The molecule has 2 N–H and O–H groups in total. The molecule has 6 nitrogen and oxygen atoms in total. The lowest BCUT2D eigenvalue weighted by Gasteiger charge is -2.09. The van der Waals surface area contributed by atoms with E-state index in [1.54, 1.807) is 0 Å². The molecule has 1 fully saturated rings. The van der Waals surface area contributed by atoms with Crippen LogP contribution in [0.3, 0.4) is 0 Å². The lowest BCUT2D eigenvalue weighted by Crippen LogP contribution is -2.20. The number of aromatic nitrogens is 3. The monoisotopic (exact) mass is 344 g/mol. The first kappa shape index (κ1) is 16.2. The van der Waals surface area contributed by atoms with Gasteiger partial charge in [0, 0.05) is 23.9 Å². The minimum atomic E-state index is -4.50. The Bertz CT molecular complexity index is 755. The summed E-state index contributed by atoms with van der Waals surface area (Å²) in [5.74, 6) is -1.78. The van der Waals surface area contributed by atoms with Crippen LogP contribution in [0, 0.1) is 5.82 Å². The third-order valence-electron chi connectivity index (χ3n) is 3.31. The minimum Gasteiger partial charge on any atom is -0.468 e. The highest BCUT2D eigenvalue weighted by Crippen LogP contribution is 2.40. The number of rotatable bonds is 5. The number of carbonyl (C=O) groups excluding carboxylic acids is 1. The Kier molecular flexibility index (Phi) is 4.12. The number of pyridine rings is 1. The van der Waals surface area contributed by atoms with Gasteiger partial charge in [-0.05, 0) is 18.9 Å². The standard InChI is InChI=1S/C14H12F4N4O2/c15-10-11(7-1-2-7)21-22-12(10)13(23)20-8-3-4-19-9(5-8)24-6-14(16,17)18/h3-5,7H,1-2,6H2,(H,21,22)(H,19,20,23). The van der Waals surface area contributed by atoms with Crippen LogP contribution < -0.4 is 10.1 Å². The second-order valence-corrected chi connectivity index (χ2v) is 5.31. The maximum atomic E-state index is 14.1. The van der Waals surface area contributed by atoms with Gasteiger partial charge in [0.15, 0.2) is 18.1 Å². The Labute approximate surface area is 133 Å². The second-order valence-electron chi connectivity index (χ2n) is 5.31. The Hall–Kier alpha value is -2.65. The predicted octanol–water partition coefficient (Wildman–Crippen LogP) is 3.01. The third kappa shape index (κ3) is 3.81. The predicted molar refractivity (Wildman–Crippen MR) is 74.3 cm³/mol. The fraction of sp³-hybridized carbons (Fsp3) is 0.357. The van der Waals surface area contributed by atoms with Crippen LogP contribution >= 0.6 is 0 Å². The SMILES string of the molecule is O=C(Nc1ccnc(OCC(F)(F)F)c1)c1n[nH]c(C2CC2)c1F. The molecule has 3 rings (SSSR count). The Morgan fingerprint density at radius 3 is 2.83 bits per heavy atom. The van der Waals surface area contributed by atoms with Crippen molar-refractivity contribution in [3.8, 4) is 5.88 Å². The van der Waals surface area contributed by atoms with Gasteiger partial charge in [-0.25, -0.2) is 9.37 Å². The topological polar surface area (TPSA) is 79.9 Å². The molecule has 1 amide bonds. The molecule has 1 aliphatic carbocycles. The van der Waals surface area contributed by atoms with Gasteiger partial charge in [0.1, 0.15) is 0 Å². The number of carbonyl (C=O) groups is 1. The second kappa shape index (κ2) is 6.10. The van der Waals surface area contributed by atoms with Gasteiger partial charge in [-0.2, -0.15) is 18.3 Å². The molecule has 2 aromatic rings. The first-order valence-electron chi connectivity index (χ1n) is 7.04. The van der Waals surface area contributed by atoms with Crippen molar-refractivity contribution >= 4 is 11.6 Å². The normalized spacial score (nSPS) is 14.5. The van der Waals surface area contributed by atoms with Crippen molar-refractivity contribution in [1.82, 2.24) is 15.2 Å². The molecule has 10 heteroatoms. The minimum absolute atomic E-state index is 0.0577. The molecule has 0 spiro atoms. The number of amides is 1. The summed E-state index contributed by atoms with van der Waals surface area (Å²) in [5, 5.41) is 8.51. The molecule has 2 aromatic heterocycles. The summed E-state index contributed by atoms with van der Waals surface area (Å²) in [6.07, 6.45) is -1.66. The molecule has 2 heterocycles. The summed E-state index contributed by atoms with van der Waals surface area (Å²) in [6.45, 7) is -1.50. The van der Waals surface area contributed by atoms with Crippen molar-refractivity contribution in [2.75, 3.05) is 11.9 Å². The van der Waals surface area contributed by atoms with E-state index in [-0.39, 0.29) is 17.5 Å². The zero-order valence-corrected chi connectivity index (χ0v) is 12.2. The third-order valence-corrected chi connectivity index (χ3v) is 3.31. The summed E-state index contributed by atoms with van der Waals surface area (Å²) in [5.41, 5.74) is 0.0121. The van der Waals surface area contributed by atoms with Gasteiger partial charge in [0.2, 0.25) is 5.88 Å². The van der Waals surface area contributed by atoms with Gasteiger partial charge in [-0.1, -0.05) is 0 Å². The molecular weight excluding hydrogens is 332 g/mol. The van der Waals surface area contributed by atoms with Gasteiger partial charge in [0.05, 0.1) is 5.69 Å². The highest BCUT2D eigenvalue weighted by Gasteiger charge is 2.32. The Morgan fingerprint density at radius 1 is 1.42 bits per heavy atom. The zero-order valence-electron chi connectivity index (χ0n) is 12.2. The highest BCUT2D eigenvalue weighted by atomic mass is 19.4. The van der Waals surface area contributed by atoms with E-state index in [9.17, 15) is 22.4 Å². The maximum Gasteiger partial charge on any atom is 0.422 e. The average Bonchev–Trinajstić information content (AvgIpc) is 3.27. The summed E-state index contributed by atoms with van der Waals surface area (Å²) >= 11 is 0. The molecule has 0 aromatic carbocycles. The van der Waals surface area contributed by atoms with Gasteiger partial charge in [-0.15, -0.1) is 0 Å². The molecule has 128 valence electrons. The van der Waals surface area contributed by atoms with E-state index in [1.807, 2.05) is 0 Å². The van der Waals surface area contributed by atoms with E-state index in [0.717, 1.165) is 25.1 Å². The molecule has 1 saturated carbocycles. The average molecular weight is 344 g/mol. The van der Waals surface area contributed by atoms with E-state index in [4.69, 9.17) is 0 Å². The van der Waals surface area contributed by atoms with Crippen molar-refractivity contribution < 1.29 is 27.1 Å². The van der Waals surface area contributed by atoms with Crippen LogP contribution in [0.2, 0.25) is 0 Å². The number of anilines is 1. The van der Waals surface area contributed by atoms with Gasteiger partial charge in [0.25, 0.3) is 5.91 Å². The van der Waals surface area contributed by atoms with Crippen molar-refractivity contribution in [1.29, 1.82) is 0 Å². The number of H-pyrrole nitrogens is 1. The quantitative estimate of drug-likeness (QED) is 0.817. The van der Waals surface area contributed by atoms with Crippen LogP contribution in [0.4, 0.5) is 23.2 Å². The van der Waals surface area contributed by atoms with Crippen molar-refractivity contribution in [3.05, 3.63) is 35.5 Å². The van der Waals surface area contributed by atoms with E-state index < -0.39 is 30.2 Å². The van der Waals surface area contributed by atoms with Crippen LogP contribution in [0.1, 0.15) is 34.9 Å². The lowest BCUT2D eigenvalue weighted by molar-refractivity contribution is -0.154. The van der Waals surface area contributed by atoms with Gasteiger partial charge >= 0.3 is 6.18 Å². The zero-order chi connectivity index (χ0) is 17.3. The summed E-state index contributed by atoms with van der Waals surface area (Å²) in [4.78, 5) is 15.7. The Balaban J connectivity index is 1.68. The summed E-state index contributed by atoms with van der Waals surface area (Å²) < 4.78 is 54.9. The number of hydrogen-bond donors (Lipinski definition) is 2. The fourth-order valence-corrected chi connectivity index (χ4v) is 2.05. The molecule has 0 aliphatic heterocycles. The van der Waals surface area contributed by atoms with Crippen LogP contribution in [-0.4, -0.2) is 33.9 Å². The smallest absolute Gasteiger partial charge is 0.422 e. The van der Waals surface area contributed by atoms with E-state index in [2.05, 4.69) is 25.2 Å². The van der Waals surface area contributed by atoms with Crippen molar-refractivity contribution in [2.45, 2.75) is 24.9 Å². The molecule has 1 aliphatic rings. The maximum absolute atomic E-state index is 14.1. The van der Waals surface area contributed by atoms with Crippen LogP contribution in [0.25, 0.3) is 0 Å². The Morgan fingerprint density at radius 2 is 2.17 bits per heavy atom. The van der Waals surface area contributed by atoms with Gasteiger partial charge in [-0.3, -0.25) is 9.89 Å². The summed E-state index contributed by atoms with van der Waals surface area (Å²) in [6, 6.07) is 2.45. The van der Waals surface area contributed by atoms with Crippen molar-refractivity contribution in [2.24, 2.45) is 0 Å². The van der Waals surface area contributed by atoms with Crippen molar-refractivity contribution in [3.63, 3.8) is 0 Å². The number of halogens is 4. The number of nitrogens with one attached hydrogen (secondary N) is 2. The highest BCUT2D eigenvalue weighted by molar-refractivity contribution is 6.03. The molecule has 0 unspecified atom stereocenters. The largest absolute Gasteiger partial charge is 0.468 e. The van der Waals surface area contributed by atoms with E-state index in [0.29, 0.717) is 5.69 Å². The lowest BCUT2D eigenvalue weighted by atomic mass is 10.2. The van der Waals surface area contributed by atoms with Crippen LogP contribution in [0.5, 0.6) is 5.88 Å². The first-order valence-corrected chi connectivity index (χ1v) is 7.04. The summed E-state index contributed by atoms with van der Waals surface area (Å²) in [7, 11) is 0. The molecule has 0 bridgehead atoms. The van der Waals surface area contributed by atoms with Crippen LogP contribution in [-0.2, 0) is 0 Å². The van der Waals surface area contributed by atoms with E-state index >= 15 is 0 Å². The van der Waals surface area contributed by atoms with Gasteiger partial charge < -0.3 is 10.1 Å². The van der Waals surface area contributed by atoms with E-state index in [1.165, 1.54) is 6.07 Å². The molecule has 0 saturated heterocycles. The molecule has 0 radical (unpaired) electrons. The molecule has 24 heavy (non-hydrogen) atoms. The number of hydrogen-bond acceptors (Lipinski definition) is 4. The number of ether oxygens (including phenoxy) is 1. The number of alkyl halides is 3.